The van der Waals surface area contributed by atoms with Gasteiger partial charge in [0.25, 0.3) is 0 Å². The number of nitrogens with one attached hydrogen (secondary N) is 1. The van der Waals surface area contributed by atoms with Gasteiger partial charge in [0.1, 0.15) is 4.60 Å². The maximum Gasteiger partial charge on any atom is 0.129 e. The maximum atomic E-state index is 4.18. The largest absolute Gasteiger partial charge is 0.380 e. The van der Waals surface area contributed by atoms with E-state index >= 15 is 0 Å². The summed E-state index contributed by atoms with van der Waals surface area (Å²) >= 11 is 3.43. The number of pyridine rings is 1. The number of aromatic nitrogens is 1. The van der Waals surface area contributed by atoms with Crippen molar-refractivity contribution in [1.82, 2.24) is 4.98 Å². The molecule has 0 aliphatic rings. The Labute approximate surface area is 101 Å². The van der Waals surface area contributed by atoms with Crippen molar-refractivity contribution in [3.05, 3.63) is 22.9 Å². The SMILES string of the molecule is CCCCCC(C)Nc1cccnc1Br. The van der Waals surface area contributed by atoms with Gasteiger partial charge in [-0.05, 0) is 41.4 Å². The van der Waals surface area contributed by atoms with E-state index < -0.39 is 0 Å². The lowest BCUT2D eigenvalue weighted by Gasteiger charge is -2.15. The first-order valence-corrected chi connectivity index (χ1v) is 6.40. The molecule has 3 heteroatoms. The number of hydrogen-bond acceptors (Lipinski definition) is 2. The van der Waals surface area contributed by atoms with Gasteiger partial charge in [0.05, 0.1) is 5.69 Å². The molecule has 0 amide bonds. The van der Waals surface area contributed by atoms with Gasteiger partial charge in [0.15, 0.2) is 0 Å². The highest BCUT2D eigenvalue weighted by Crippen LogP contribution is 2.20. The van der Waals surface area contributed by atoms with Crippen molar-refractivity contribution in [2.75, 3.05) is 5.32 Å². The number of anilines is 1. The first kappa shape index (κ1) is 12.5. The van der Waals surface area contributed by atoms with Gasteiger partial charge in [-0.1, -0.05) is 26.2 Å². The van der Waals surface area contributed by atoms with Crippen LogP contribution >= 0.6 is 15.9 Å². The van der Waals surface area contributed by atoms with Gasteiger partial charge in [0, 0.05) is 12.2 Å². The molecule has 0 aliphatic heterocycles. The quantitative estimate of drug-likeness (QED) is 0.618. The molecule has 1 rings (SSSR count). The summed E-state index contributed by atoms with van der Waals surface area (Å²) in [4.78, 5) is 4.18. The predicted molar refractivity (Wildman–Crippen MR) is 69.2 cm³/mol. The van der Waals surface area contributed by atoms with E-state index in [9.17, 15) is 0 Å². The van der Waals surface area contributed by atoms with Crippen molar-refractivity contribution in [3.8, 4) is 0 Å². The molecule has 1 heterocycles. The normalized spacial score (nSPS) is 12.5. The topological polar surface area (TPSA) is 24.9 Å². The second-order valence-electron chi connectivity index (χ2n) is 3.88. The van der Waals surface area contributed by atoms with E-state index in [1.54, 1.807) is 6.20 Å². The average molecular weight is 271 g/mol. The van der Waals surface area contributed by atoms with Crippen LogP contribution in [0.1, 0.15) is 39.5 Å². The molecule has 0 aromatic carbocycles. The Hall–Kier alpha value is -0.570. The molecule has 1 aromatic heterocycles. The zero-order valence-corrected chi connectivity index (χ0v) is 11.0. The zero-order valence-electron chi connectivity index (χ0n) is 9.46. The summed E-state index contributed by atoms with van der Waals surface area (Å²) in [6.07, 6.45) is 6.90. The average Bonchev–Trinajstić information content (AvgIpc) is 2.22. The highest BCUT2D eigenvalue weighted by Gasteiger charge is 2.04. The monoisotopic (exact) mass is 270 g/mol. The van der Waals surface area contributed by atoms with Gasteiger partial charge in [-0.2, -0.15) is 0 Å². The Morgan fingerprint density at radius 2 is 2.27 bits per heavy atom. The van der Waals surface area contributed by atoms with E-state index in [0.29, 0.717) is 6.04 Å². The van der Waals surface area contributed by atoms with Gasteiger partial charge < -0.3 is 5.32 Å². The highest BCUT2D eigenvalue weighted by atomic mass is 79.9. The predicted octanol–water partition coefficient (Wildman–Crippen LogP) is 4.22. The minimum atomic E-state index is 0.511. The van der Waals surface area contributed by atoms with Gasteiger partial charge in [-0.15, -0.1) is 0 Å². The lowest BCUT2D eigenvalue weighted by molar-refractivity contribution is 0.615. The van der Waals surface area contributed by atoms with E-state index in [1.807, 2.05) is 12.1 Å². The highest BCUT2D eigenvalue weighted by molar-refractivity contribution is 9.10. The van der Waals surface area contributed by atoms with Crippen LogP contribution in [-0.2, 0) is 0 Å². The molecule has 84 valence electrons. The molecule has 1 unspecified atom stereocenters. The first-order valence-electron chi connectivity index (χ1n) is 5.61. The Bertz CT molecular complexity index is 289. The fourth-order valence-electron chi connectivity index (χ4n) is 1.53. The van der Waals surface area contributed by atoms with Gasteiger partial charge in [-0.3, -0.25) is 0 Å². The van der Waals surface area contributed by atoms with Crippen LogP contribution in [0.5, 0.6) is 0 Å². The third kappa shape index (κ3) is 4.65. The molecular formula is C12H19BrN2. The van der Waals surface area contributed by atoms with E-state index in [0.717, 1.165) is 10.3 Å². The summed E-state index contributed by atoms with van der Waals surface area (Å²) in [5.41, 5.74) is 1.08. The van der Waals surface area contributed by atoms with Crippen molar-refractivity contribution in [1.29, 1.82) is 0 Å². The Morgan fingerprint density at radius 3 is 2.93 bits per heavy atom. The number of halogens is 1. The van der Waals surface area contributed by atoms with Crippen LogP contribution in [0.4, 0.5) is 5.69 Å². The summed E-state index contributed by atoms with van der Waals surface area (Å²) in [5.74, 6) is 0. The van der Waals surface area contributed by atoms with Crippen LogP contribution in [0.2, 0.25) is 0 Å². The van der Waals surface area contributed by atoms with Crippen molar-refractivity contribution >= 4 is 21.6 Å². The lowest BCUT2D eigenvalue weighted by Crippen LogP contribution is -2.15. The number of unbranched alkanes of at least 4 members (excludes halogenated alkanes) is 2. The van der Waals surface area contributed by atoms with Gasteiger partial charge in [-0.25, -0.2) is 4.98 Å². The fourth-order valence-corrected chi connectivity index (χ4v) is 1.90. The Balaban J connectivity index is 2.37. The Morgan fingerprint density at radius 1 is 1.47 bits per heavy atom. The van der Waals surface area contributed by atoms with Crippen LogP contribution in [0, 0.1) is 0 Å². The van der Waals surface area contributed by atoms with Gasteiger partial charge in [0.2, 0.25) is 0 Å². The minimum Gasteiger partial charge on any atom is -0.380 e. The second-order valence-corrected chi connectivity index (χ2v) is 4.63. The van der Waals surface area contributed by atoms with E-state index in [-0.39, 0.29) is 0 Å². The van der Waals surface area contributed by atoms with Crippen LogP contribution < -0.4 is 5.32 Å². The van der Waals surface area contributed by atoms with E-state index in [2.05, 4.69) is 40.1 Å². The van der Waals surface area contributed by atoms with E-state index in [4.69, 9.17) is 0 Å². The zero-order chi connectivity index (χ0) is 11.1. The molecule has 2 nitrogen and oxygen atoms in total. The first-order chi connectivity index (χ1) is 7.24. The molecule has 0 radical (unpaired) electrons. The van der Waals surface area contributed by atoms with Crippen LogP contribution in [0.15, 0.2) is 22.9 Å². The third-order valence-electron chi connectivity index (χ3n) is 2.40. The van der Waals surface area contributed by atoms with Crippen LogP contribution in [0.3, 0.4) is 0 Å². The standard InChI is InChI=1S/C12H19BrN2/c1-3-4-5-7-10(2)15-11-8-6-9-14-12(11)13/h6,8-10,15H,3-5,7H2,1-2H3. The summed E-state index contributed by atoms with van der Waals surface area (Å²) in [7, 11) is 0. The second kappa shape index (κ2) is 6.83. The maximum absolute atomic E-state index is 4.18. The summed E-state index contributed by atoms with van der Waals surface area (Å²) in [6, 6.07) is 4.51. The summed E-state index contributed by atoms with van der Waals surface area (Å²) in [5, 5.41) is 3.46. The lowest BCUT2D eigenvalue weighted by atomic mass is 10.1. The molecule has 1 N–H and O–H groups in total. The molecule has 0 saturated carbocycles. The van der Waals surface area contributed by atoms with Crippen molar-refractivity contribution in [2.24, 2.45) is 0 Å². The van der Waals surface area contributed by atoms with Crippen molar-refractivity contribution in [3.63, 3.8) is 0 Å². The van der Waals surface area contributed by atoms with E-state index in [1.165, 1.54) is 25.7 Å². The van der Waals surface area contributed by atoms with Crippen LogP contribution in [-0.4, -0.2) is 11.0 Å². The van der Waals surface area contributed by atoms with Crippen molar-refractivity contribution in [2.45, 2.75) is 45.6 Å². The van der Waals surface area contributed by atoms with Crippen molar-refractivity contribution < 1.29 is 0 Å². The molecule has 0 aliphatic carbocycles. The molecule has 1 atom stereocenters. The molecule has 0 spiro atoms. The molecule has 0 fully saturated rings. The molecule has 0 saturated heterocycles. The Kier molecular flexibility index (Phi) is 5.69. The summed E-state index contributed by atoms with van der Waals surface area (Å²) < 4.78 is 0.896. The van der Waals surface area contributed by atoms with Crippen LogP contribution in [0.25, 0.3) is 0 Å². The molecule has 0 bridgehead atoms. The smallest absolute Gasteiger partial charge is 0.129 e. The van der Waals surface area contributed by atoms with Gasteiger partial charge >= 0.3 is 0 Å². The molecular weight excluding hydrogens is 252 g/mol. The number of nitrogens with zero attached hydrogens (tertiary/aromatic N) is 1. The number of rotatable bonds is 6. The molecule has 15 heavy (non-hydrogen) atoms. The molecule has 1 aromatic rings. The minimum absolute atomic E-state index is 0.511. The number of hydrogen-bond donors (Lipinski definition) is 1. The summed E-state index contributed by atoms with van der Waals surface area (Å²) in [6.45, 7) is 4.45. The fraction of sp³-hybridized carbons (Fsp3) is 0.583. The third-order valence-corrected chi connectivity index (χ3v) is 3.03.